The number of anilines is 2. The molecule has 3 aromatic rings. The average Bonchev–Trinajstić information content (AvgIpc) is 3.54. The SMILES string of the molecule is COc1c(Cl)cccc1Nc1c(-c2ccncc2OC[C@@H]2COC(C)(C)CO2)[nH]c2c1C=NC1(CC1)C2. The molecule has 1 aliphatic carbocycles. The number of hydrogen-bond acceptors (Lipinski definition) is 7. The van der Waals surface area contributed by atoms with E-state index in [2.05, 4.69) is 15.3 Å². The number of nitrogens with one attached hydrogen (secondary N) is 2. The number of aromatic amines is 1. The number of fused-ring (bicyclic) bond motifs is 1. The highest BCUT2D eigenvalue weighted by molar-refractivity contribution is 6.32. The van der Waals surface area contributed by atoms with Crippen LogP contribution >= 0.6 is 11.6 Å². The number of para-hydroxylation sites is 1. The largest absolute Gasteiger partial charge is 0.493 e. The van der Waals surface area contributed by atoms with Crippen molar-refractivity contribution in [3.05, 3.63) is 52.9 Å². The van der Waals surface area contributed by atoms with Crippen molar-refractivity contribution in [1.29, 1.82) is 0 Å². The average molecular weight is 523 g/mol. The van der Waals surface area contributed by atoms with Gasteiger partial charge in [0.05, 0.1) is 59.8 Å². The summed E-state index contributed by atoms with van der Waals surface area (Å²) in [5.74, 6) is 1.24. The lowest BCUT2D eigenvalue weighted by molar-refractivity contribution is -0.181. The molecule has 37 heavy (non-hydrogen) atoms. The Bertz CT molecular complexity index is 1340. The molecule has 4 heterocycles. The summed E-state index contributed by atoms with van der Waals surface area (Å²) >= 11 is 6.42. The molecule has 1 aromatic carbocycles. The monoisotopic (exact) mass is 522 g/mol. The maximum Gasteiger partial charge on any atom is 0.160 e. The highest BCUT2D eigenvalue weighted by Gasteiger charge is 2.45. The second-order valence-electron chi connectivity index (χ2n) is 10.6. The fraction of sp³-hybridized carbons (Fsp3) is 0.429. The molecule has 1 atom stereocenters. The molecule has 2 aliphatic heterocycles. The first-order valence-electron chi connectivity index (χ1n) is 12.6. The van der Waals surface area contributed by atoms with Gasteiger partial charge in [-0.1, -0.05) is 17.7 Å². The minimum absolute atomic E-state index is 0.0454. The Morgan fingerprint density at radius 3 is 2.86 bits per heavy atom. The van der Waals surface area contributed by atoms with Gasteiger partial charge in [-0.15, -0.1) is 0 Å². The molecular weight excluding hydrogens is 492 g/mol. The number of H-pyrrole nitrogens is 1. The summed E-state index contributed by atoms with van der Waals surface area (Å²) in [6.45, 7) is 5.43. The third-order valence-electron chi connectivity index (χ3n) is 7.16. The second kappa shape index (κ2) is 9.35. The smallest absolute Gasteiger partial charge is 0.160 e. The molecule has 0 radical (unpaired) electrons. The first-order valence-corrected chi connectivity index (χ1v) is 13.0. The van der Waals surface area contributed by atoms with Gasteiger partial charge in [-0.2, -0.15) is 0 Å². The highest BCUT2D eigenvalue weighted by atomic mass is 35.5. The summed E-state index contributed by atoms with van der Waals surface area (Å²) in [7, 11) is 1.62. The van der Waals surface area contributed by atoms with Gasteiger partial charge in [0.15, 0.2) is 5.75 Å². The topological polar surface area (TPSA) is 90.0 Å². The first kappa shape index (κ1) is 24.3. The molecular formula is C28H31ClN4O4. The fourth-order valence-corrected chi connectivity index (χ4v) is 5.11. The Morgan fingerprint density at radius 2 is 2.11 bits per heavy atom. The number of pyridine rings is 1. The molecule has 2 fully saturated rings. The fourth-order valence-electron chi connectivity index (χ4n) is 4.86. The van der Waals surface area contributed by atoms with E-state index in [1.54, 1.807) is 19.5 Å². The van der Waals surface area contributed by atoms with Gasteiger partial charge in [0.25, 0.3) is 0 Å². The van der Waals surface area contributed by atoms with Crippen molar-refractivity contribution in [1.82, 2.24) is 9.97 Å². The molecule has 6 rings (SSSR count). The number of hydrogen-bond donors (Lipinski definition) is 2. The summed E-state index contributed by atoms with van der Waals surface area (Å²) in [6.07, 6.45) is 8.46. The van der Waals surface area contributed by atoms with Crippen LogP contribution in [0.2, 0.25) is 5.02 Å². The zero-order chi connectivity index (χ0) is 25.6. The highest BCUT2D eigenvalue weighted by Crippen LogP contribution is 2.49. The Balaban J connectivity index is 1.35. The molecule has 1 saturated carbocycles. The van der Waals surface area contributed by atoms with Gasteiger partial charge in [-0.05, 0) is 44.9 Å². The lowest BCUT2D eigenvalue weighted by Gasteiger charge is -2.34. The van der Waals surface area contributed by atoms with E-state index in [1.807, 2.05) is 44.3 Å². The van der Waals surface area contributed by atoms with Gasteiger partial charge in [0.2, 0.25) is 0 Å². The maximum absolute atomic E-state index is 6.42. The van der Waals surface area contributed by atoms with Gasteiger partial charge in [0, 0.05) is 35.7 Å². The molecule has 9 heteroatoms. The second-order valence-corrected chi connectivity index (χ2v) is 11.0. The predicted molar refractivity (Wildman–Crippen MR) is 144 cm³/mol. The zero-order valence-electron chi connectivity index (χ0n) is 21.3. The zero-order valence-corrected chi connectivity index (χ0v) is 22.0. The van der Waals surface area contributed by atoms with E-state index in [9.17, 15) is 0 Å². The number of aliphatic imine (C=N–C) groups is 1. The Kier molecular flexibility index (Phi) is 6.13. The molecule has 0 bridgehead atoms. The number of halogens is 1. The van der Waals surface area contributed by atoms with Gasteiger partial charge in [-0.3, -0.25) is 9.98 Å². The molecule has 1 spiro atoms. The minimum atomic E-state index is -0.276. The Hall–Kier alpha value is -3.07. The quantitative estimate of drug-likeness (QED) is 0.422. The summed E-state index contributed by atoms with van der Waals surface area (Å²) in [5, 5.41) is 4.11. The van der Waals surface area contributed by atoms with Crippen LogP contribution < -0.4 is 14.8 Å². The maximum atomic E-state index is 6.42. The van der Waals surface area contributed by atoms with Gasteiger partial charge in [0.1, 0.15) is 18.5 Å². The van der Waals surface area contributed by atoms with E-state index in [-0.39, 0.29) is 17.2 Å². The molecule has 194 valence electrons. The number of ether oxygens (including phenoxy) is 4. The first-order chi connectivity index (χ1) is 17.9. The number of nitrogens with zero attached hydrogens (tertiary/aromatic N) is 2. The van der Waals surface area contributed by atoms with E-state index in [0.29, 0.717) is 36.3 Å². The van der Waals surface area contributed by atoms with Crippen LogP contribution in [-0.2, 0) is 15.9 Å². The number of benzene rings is 1. The van der Waals surface area contributed by atoms with Crippen molar-refractivity contribution in [3.8, 4) is 22.8 Å². The lowest BCUT2D eigenvalue weighted by atomic mass is 10.0. The van der Waals surface area contributed by atoms with Crippen LogP contribution in [0.5, 0.6) is 11.5 Å². The van der Waals surface area contributed by atoms with Crippen LogP contribution in [0.4, 0.5) is 11.4 Å². The van der Waals surface area contributed by atoms with E-state index in [0.717, 1.165) is 53.2 Å². The third-order valence-corrected chi connectivity index (χ3v) is 7.45. The molecule has 0 unspecified atom stereocenters. The van der Waals surface area contributed by atoms with Crippen LogP contribution in [0, 0.1) is 0 Å². The van der Waals surface area contributed by atoms with Gasteiger partial charge < -0.3 is 29.2 Å². The molecule has 2 aromatic heterocycles. The summed E-state index contributed by atoms with van der Waals surface area (Å²) in [5.41, 5.74) is 5.41. The predicted octanol–water partition coefficient (Wildman–Crippen LogP) is 5.56. The summed E-state index contributed by atoms with van der Waals surface area (Å²) in [6, 6.07) is 7.61. The van der Waals surface area contributed by atoms with Crippen LogP contribution in [0.1, 0.15) is 37.9 Å². The van der Waals surface area contributed by atoms with Crippen LogP contribution in [0.25, 0.3) is 11.3 Å². The Labute approximate surface area is 221 Å². The molecule has 3 aliphatic rings. The summed E-state index contributed by atoms with van der Waals surface area (Å²) < 4.78 is 23.7. The van der Waals surface area contributed by atoms with E-state index in [1.165, 1.54) is 0 Å². The van der Waals surface area contributed by atoms with Crippen molar-refractivity contribution in [2.24, 2.45) is 4.99 Å². The van der Waals surface area contributed by atoms with Gasteiger partial charge >= 0.3 is 0 Å². The van der Waals surface area contributed by atoms with Crippen molar-refractivity contribution in [3.63, 3.8) is 0 Å². The van der Waals surface area contributed by atoms with Crippen molar-refractivity contribution < 1.29 is 18.9 Å². The summed E-state index contributed by atoms with van der Waals surface area (Å²) in [4.78, 5) is 12.9. The van der Waals surface area contributed by atoms with E-state index in [4.69, 9.17) is 35.5 Å². The lowest BCUT2D eigenvalue weighted by Crippen LogP contribution is -2.44. The van der Waals surface area contributed by atoms with Crippen molar-refractivity contribution >= 4 is 29.2 Å². The Morgan fingerprint density at radius 1 is 1.24 bits per heavy atom. The molecule has 1 saturated heterocycles. The number of rotatable bonds is 7. The molecule has 8 nitrogen and oxygen atoms in total. The minimum Gasteiger partial charge on any atom is -0.493 e. The van der Waals surface area contributed by atoms with Crippen LogP contribution in [0.15, 0.2) is 41.7 Å². The normalized spacial score (nSPS) is 20.9. The van der Waals surface area contributed by atoms with Crippen LogP contribution in [0.3, 0.4) is 0 Å². The van der Waals surface area contributed by atoms with E-state index >= 15 is 0 Å². The standard InChI is InChI=1S/C28H31ClN4O4/c1-27(2)16-36-17(15-37-27)14-35-23-13-30-10-7-18(23)24-25(32-21-6-4-5-20(29)26(21)34-3)19-12-31-28(8-9-28)11-22(19)33-24/h4-7,10,12-13,17,32-33H,8-9,11,14-16H2,1-3H3/t17-/m1/s1. The van der Waals surface area contributed by atoms with Crippen molar-refractivity contribution in [2.75, 3.05) is 32.2 Å². The van der Waals surface area contributed by atoms with E-state index < -0.39 is 0 Å². The van der Waals surface area contributed by atoms with Crippen LogP contribution in [-0.4, -0.2) is 60.4 Å². The number of methoxy groups -OCH3 is 1. The molecule has 0 amide bonds. The van der Waals surface area contributed by atoms with Crippen molar-refractivity contribution in [2.45, 2.75) is 50.4 Å². The molecule has 2 N–H and O–H groups in total. The third kappa shape index (κ3) is 4.81. The number of aromatic nitrogens is 2. The van der Waals surface area contributed by atoms with Gasteiger partial charge in [-0.25, -0.2) is 0 Å².